The van der Waals surface area contributed by atoms with Crippen LogP contribution in [0.3, 0.4) is 0 Å². The predicted octanol–water partition coefficient (Wildman–Crippen LogP) is 3.66. The summed E-state index contributed by atoms with van der Waals surface area (Å²) in [5, 5.41) is 0. The van der Waals surface area contributed by atoms with Crippen LogP contribution in [0.4, 0.5) is 0 Å². The number of nitrogens with zero attached hydrogens (tertiary/aromatic N) is 1. The lowest BCUT2D eigenvalue weighted by Crippen LogP contribution is -2.33. The molecular weight excluding hydrogens is 242 g/mol. The minimum atomic E-state index is 0.885. The van der Waals surface area contributed by atoms with Crippen molar-refractivity contribution in [3.05, 3.63) is 0 Å². The summed E-state index contributed by atoms with van der Waals surface area (Å²) < 4.78 is 5.17. The van der Waals surface area contributed by atoms with Gasteiger partial charge in [-0.1, -0.05) is 32.6 Å². The monoisotopic (exact) mass is 273 g/mol. The Morgan fingerprint density at radius 3 is 2.56 bits per heavy atom. The molecule has 1 aliphatic rings. The second kappa shape index (κ2) is 11.1. The first kappa shape index (κ1) is 16.3. The molecule has 0 amide bonds. The van der Waals surface area contributed by atoms with E-state index in [1.807, 2.05) is 7.11 Å². The molecule has 2 nitrogen and oxygen atoms in total. The van der Waals surface area contributed by atoms with E-state index in [4.69, 9.17) is 4.74 Å². The Bertz CT molecular complexity index is 183. The number of thioether (sulfide) groups is 1. The minimum Gasteiger partial charge on any atom is -0.385 e. The van der Waals surface area contributed by atoms with E-state index in [9.17, 15) is 0 Å². The van der Waals surface area contributed by atoms with Crippen LogP contribution in [0.25, 0.3) is 0 Å². The zero-order valence-corrected chi connectivity index (χ0v) is 13.1. The van der Waals surface area contributed by atoms with Crippen molar-refractivity contribution in [2.24, 2.45) is 5.92 Å². The Hall–Kier alpha value is 0.270. The molecule has 108 valence electrons. The van der Waals surface area contributed by atoms with Gasteiger partial charge in [0.15, 0.2) is 0 Å². The highest BCUT2D eigenvalue weighted by Crippen LogP contribution is 2.17. The highest BCUT2D eigenvalue weighted by molar-refractivity contribution is 7.99. The first-order valence-corrected chi connectivity index (χ1v) is 8.81. The summed E-state index contributed by atoms with van der Waals surface area (Å²) in [6, 6.07) is 0. The molecule has 0 aromatic rings. The number of hydrogen-bond acceptors (Lipinski definition) is 3. The molecule has 1 fully saturated rings. The van der Waals surface area contributed by atoms with Crippen LogP contribution in [0.2, 0.25) is 0 Å². The Balaban J connectivity index is 1.93. The second-order valence-corrected chi connectivity index (χ2v) is 6.58. The molecule has 0 aromatic heterocycles. The topological polar surface area (TPSA) is 12.5 Å². The third-order valence-electron chi connectivity index (χ3n) is 4.00. The van der Waals surface area contributed by atoms with Crippen molar-refractivity contribution in [3.63, 3.8) is 0 Å². The molecule has 1 aliphatic heterocycles. The van der Waals surface area contributed by atoms with E-state index >= 15 is 0 Å². The van der Waals surface area contributed by atoms with Gasteiger partial charge in [-0.2, -0.15) is 11.8 Å². The highest BCUT2D eigenvalue weighted by Gasteiger charge is 2.10. The molecule has 0 N–H and O–H groups in total. The summed E-state index contributed by atoms with van der Waals surface area (Å²) in [7, 11) is 1.81. The van der Waals surface area contributed by atoms with Crippen molar-refractivity contribution in [2.75, 3.05) is 44.9 Å². The van der Waals surface area contributed by atoms with Crippen LogP contribution in [-0.4, -0.2) is 49.8 Å². The maximum Gasteiger partial charge on any atom is 0.0464 e. The minimum absolute atomic E-state index is 0.885. The van der Waals surface area contributed by atoms with Crippen LogP contribution in [0, 0.1) is 5.92 Å². The summed E-state index contributed by atoms with van der Waals surface area (Å²) in [4.78, 5) is 2.64. The molecule has 0 bridgehead atoms. The molecule has 3 heteroatoms. The van der Waals surface area contributed by atoms with Crippen molar-refractivity contribution in [2.45, 2.75) is 45.4 Å². The number of unbranched alkanes of at least 4 members (excludes halogenated alkanes) is 2. The van der Waals surface area contributed by atoms with E-state index < -0.39 is 0 Å². The van der Waals surface area contributed by atoms with E-state index in [1.165, 1.54) is 69.7 Å². The smallest absolute Gasteiger partial charge is 0.0464 e. The zero-order chi connectivity index (χ0) is 13.1. The zero-order valence-electron chi connectivity index (χ0n) is 12.3. The molecule has 0 spiro atoms. The van der Waals surface area contributed by atoms with E-state index in [0.29, 0.717) is 0 Å². The van der Waals surface area contributed by atoms with Gasteiger partial charge in [-0.3, -0.25) is 0 Å². The number of methoxy groups -OCH3 is 1. The van der Waals surface area contributed by atoms with Gasteiger partial charge >= 0.3 is 0 Å². The molecule has 0 aliphatic carbocycles. The number of ether oxygens (including phenoxy) is 1. The average Bonchev–Trinajstić information content (AvgIpc) is 2.43. The van der Waals surface area contributed by atoms with Crippen molar-refractivity contribution in [3.8, 4) is 0 Å². The van der Waals surface area contributed by atoms with Gasteiger partial charge in [0.25, 0.3) is 0 Å². The first-order valence-electron chi connectivity index (χ1n) is 7.65. The third-order valence-corrected chi connectivity index (χ3v) is 4.94. The molecule has 18 heavy (non-hydrogen) atoms. The van der Waals surface area contributed by atoms with Crippen LogP contribution in [0.15, 0.2) is 0 Å². The van der Waals surface area contributed by atoms with Gasteiger partial charge in [-0.05, 0) is 25.3 Å². The van der Waals surface area contributed by atoms with Gasteiger partial charge in [-0.25, -0.2) is 0 Å². The van der Waals surface area contributed by atoms with Crippen LogP contribution in [0.1, 0.15) is 45.4 Å². The van der Waals surface area contributed by atoms with Gasteiger partial charge in [0.2, 0.25) is 0 Å². The summed E-state index contributed by atoms with van der Waals surface area (Å²) in [6.07, 6.45) is 8.17. The van der Waals surface area contributed by atoms with Gasteiger partial charge < -0.3 is 9.64 Å². The predicted molar refractivity (Wildman–Crippen MR) is 82.5 cm³/mol. The Labute approximate surface area is 118 Å². The summed E-state index contributed by atoms with van der Waals surface area (Å²) in [6.45, 7) is 7.21. The van der Waals surface area contributed by atoms with E-state index in [1.54, 1.807) is 0 Å². The molecule has 1 heterocycles. The van der Waals surface area contributed by atoms with Gasteiger partial charge in [0.05, 0.1) is 0 Å². The molecule has 0 radical (unpaired) electrons. The highest BCUT2D eigenvalue weighted by atomic mass is 32.2. The molecule has 1 rings (SSSR count). The van der Waals surface area contributed by atoms with Gasteiger partial charge in [-0.15, -0.1) is 0 Å². The standard InChI is InChI=1S/C15H31NOS/c1-3-15(8-12-17-2)7-5-4-6-9-16-10-13-18-14-11-16/h15H,3-14H2,1-2H3. The second-order valence-electron chi connectivity index (χ2n) is 5.36. The fraction of sp³-hybridized carbons (Fsp3) is 1.00. The number of hydrogen-bond donors (Lipinski definition) is 0. The Morgan fingerprint density at radius 1 is 1.11 bits per heavy atom. The molecule has 1 atom stereocenters. The Kier molecular flexibility index (Phi) is 10.1. The molecule has 0 aromatic carbocycles. The van der Waals surface area contributed by atoms with Gasteiger partial charge in [0, 0.05) is 38.3 Å². The normalized spacial score (nSPS) is 19.0. The quantitative estimate of drug-likeness (QED) is 0.564. The molecule has 0 saturated carbocycles. The largest absolute Gasteiger partial charge is 0.385 e. The van der Waals surface area contributed by atoms with Crippen molar-refractivity contribution in [1.29, 1.82) is 0 Å². The summed E-state index contributed by atoms with van der Waals surface area (Å²) in [5.41, 5.74) is 0. The van der Waals surface area contributed by atoms with Crippen LogP contribution in [-0.2, 0) is 4.74 Å². The van der Waals surface area contributed by atoms with E-state index in [-0.39, 0.29) is 0 Å². The van der Waals surface area contributed by atoms with Crippen LogP contribution in [0.5, 0.6) is 0 Å². The van der Waals surface area contributed by atoms with Gasteiger partial charge in [0.1, 0.15) is 0 Å². The van der Waals surface area contributed by atoms with Crippen LogP contribution < -0.4 is 0 Å². The first-order chi connectivity index (χ1) is 8.86. The Morgan fingerprint density at radius 2 is 1.89 bits per heavy atom. The fourth-order valence-electron chi connectivity index (χ4n) is 2.61. The third kappa shape index (κ3) is 7.65. The molecule has 1 unspecified atom stereocenters. The lowest BCUT2D eigenvalue weighted by atomic mass is 9.95. The molecular formula is C15H31NOS. The molecule has 1 saturated heterocycles. The summed E-state index contributed by atoms with van der Waals surface area (Å²) >= 11 is 2.10. The maximum absolute atomic E-state index is 5.17. The fourth-order valence-corrected chi connectivity index (χ4v) is 3.59. The lowest BCUT2D eigenvalue weighted by molar-refractivity contribution is 0.173. The number of rotatable bonds is 10. The average molecular weight is 273 g/mol. The maximum atomic E-state index is 5.17. The lowest BCUT2D eigenvalue weighted by Gasteiger charge is -2.26. The van der Waals surface area contributed by atoms with Crippen molar-refractivity contribution >= 4 is 11.8 Å². The van der Waals surface area contributed by atoms with E-state index in [2.05, 4.69) is 23.6 Å². The summed E-state index contributed by atoms with van der Waals surface area (Å²) in [5.74, 6) is 3.57. The van der Waals surface area contributed by atoms with Crippen LogP contribution >= 0.6 is 11.8 Å². The van der Waals surface area contributed by atoms with Crippen molar-refractivity contribution < 1.29 is 4.74 Å². The SMILES string of the molecule is CCC(CCCCCN1CCSCC1)CCOC. The van der Waals surface area contributed by atoms with E-state index in [0.717, 1.165) is 12.5 Å². The van der Waals surface area contributed by atoms with Crippen molar-refractivity contribution in [1.82, 2.24) is 4.90 Å².